The first-order chi connectivity index (χ1) is 35.7. The Morgan fingerprint density at radius 2 is 0.959 bits per heavy atom. The summed E-state index contributed by atoms with van der Waals surface area (Å²) < 4.78 is 7.16. The van der Waals surface area contributed by atoms with Gasteiger partial charge < -0.3 is 29.6 Å². The van der Waals surface area contributed by atoms with Crippen molar-refractivity contribution in [3.05, 3.63) is 146 Å². The number of hydrogen-bond donors (Lipinski definition) is 2. The molecule has 0 atom stereocenters. The Hall–Kier alpha value is -6.10. The van der Waals surface area contributed by atoms with Gasteiger partial charge >= 0.3 is 102 Å². The monoisotopic (exact) mass is 1150 g/mol. The van der Waals surface area contributed by atoms with Crippen molar-refractivity contribution < 1.29 is 28.8 Å². The van der Waals surface area contributed by atoms with Gasteiger partial charge in [0.1, 0.15) is 0 Å². The van der Waals surface area contributed by atoms with Crippen molar-refractivity contribution >= 4 is 105 Å². The molecule has 17 heteroatoms. The molecule has 4 amide bonds. The Morgan fingerprint density at radius 3 is 1.35 bits per heavy atom. The van der Waals surface area contributed by atoms with E-state index in [1.807, 2.05) is 36.4 Å². The molecule has 6 heterocycles. The molecule has 2 aliphatic rings. The van der Waals surface area contributed by atoms with Gasteiger partial charge in [-0.15, -0.1) is 0 Å². The first kappa shape index (κ1) is 57.2. The van der Waals surface area contributed by atoms with Gasteiger partial charge in [0.15, 0.2) is 0 Å². The van der Waals surface area contributed by atoms with E-state index in [9.17, 15) is 28.8 Å². The van der Waals surface area contributed by atoms with Crippen LogP contribution in [0.5, 0.6) is 0 Å². The third-order valence-corrected chi connectivity index (χ3v) is 28.5. The SMILES string of the molecule is C=Cc1ncc(Cl)c2c(C(=O)C(=O)N3CCN(C(=O)c4ccccc4)CC3)c[nH]c12.C=[CH][Sn]([CH2]CCC)([CH2]CCC)[CH2]CCC.Cc1ncc(Cl)c2c(C(=O)C(=O)N3CCN(C(=O)c4ccccc4)CC3)c[nH]c12. The number of amides is 4. The second-order valence-electron chi connectivity index (χ2n) is 18.7. The topological polar surface area (TPSA) is 173 Å². The summed E-state index contributed by atoms with van der Waals surface area (Å²) in [5, 5.41) is 1.57. The number of Topliss-reactive ketones (excluding diaryl/α,β-unsaturated/α-hetero) is 2. The fourth-order valence-corrected chi connectivity index (χ4v) is 22.9. The van der Waals surface area contributed by atoms with Gasteiger partial charge in [-0.1, -0.05) is 66.2 Å². The maximum Gasteiger partial charge on any atom is 0.295 e. The summed E-state index contributed by atoms with van der Waals surface area (Å²) in [6.07, 6.45) is 15.9. The largest absolute Gasteiger partial charge is 0.359 e. The normalized spacial score (nSPS) is 13.6. The van der Waals surface area contributed by atoms with Gasteiger partial charge in [-0.05, 0) is 37.3 Å². The van der Waals surface area contributed by atoms with Crippen LogP contribution in [0, 0.1) is 6.92 Å². The maximum absolute atomic E-state index is 12.9. The molecule has 0 unspecified atom stereocenters. The fourth-order valence-electron chi connectivity index (χ4n) is 9.42. The van der Waals surface area contributed by atoms with Gasteiger partial charge in [-0.3, -0.25) is 38.7 Å². The molecular weight excluding hydrogens is 1080 g/mol. The van der Waals surface area contributed by atoms with Crippen LogP contribution in [0.15, 0.2) is 103 Å². The molecule has 0 bridgehead atoms. The molecule has 0 radical (unpaired) electrons. The standard InChI is InChI=1S/C22H19ClN4O3.C21H19ClN4O3.3C4H9.C2H3.Sn/c1-2-17-19-18(16(23)13-24-17)15(12-25-19)20(28)22(30)27-10-8-26(9-11-27)21(29)14-6-4-3-5-7-14;1-13-18-17(16(22)12-23-13)15(11-24-18)19(27)21(29)26-9-7-25(8-10-26)20(28)14-5-3-2-4-6-14;3*1-3-4-2;1-2;/h2-7,12-13,25H,1,8-11H2;2-6,11-12,24H,7-10H2,1H3;3*1,3-4H2,2H3;1H,2H2;. The number of aromatic nitrogens is 4. The van der Waals surface area contributed by atoms with Gasteiger partial charge in [-0.25, -0.2) is 0 Å². The Balaban J connectivity index is 0.000000192. The number of nitrogens with one attached hydrogen (secondary N) is 2. The van der Waals surface area contributed by atoms with E-state index in [1.54, 1.807) is 60.4 Å². The first-order valence-electron chi connectivity index (χ1n) is 25.6. The van der Waals surface area contributed by atoms with Gasteiger partial charge in [0, 0.05) is 99.0 Å². The molecule has 0 aliphatic carbocycles. The number of piperazine rings is 2. The van der Waals surface area contributed by atoms with Crippen LogP contribution in [0.2, 0.25) is 23.4 Å². The Labute approximate surface area is 448 Å². The summed E-state index contributed by atoms with van der Waals surface area (Å²) in [7, 11) is 0. The van der Waals surface area contributed by atoms with Crippen molar-refractivity contribution in [2.75, 3.05) is 52.4 Å². The molecule has 8 rings (SSSR count). The Morgan fingerprint density at radius 1 is 0.581 bits per heavy atom. The Bertz CT molecular complexity index is 2920. The number of aryl methyl sites for hydroxylation is 1. The molecule has 2 N–H and O–H groups in total. The molecule has 2 fully saturated rings. The minimum absolute atomic E-state index is 0.0737. The van der Waals surface area contributed by atoms with Gasteiger partial charge in [-0.2, -0.15) is 0 Å². The van der Waals surface area contributed by atoms with Crippen molar-refractivity contribution in [1.29, 1.82) is 0 Å². The molecule has 2 aromatic carbocycles. The summed E-state index contributed by atoms with van der Waals surface area (Å²) >= 11 is 10.6. The van der Waals surface area contributed by atoms with E-state index in [0.717, 1.165) is 0 Å². The third kappa shape index (κ3) is 13.8. The molecule has 14 nitrogen and oxygen atoms in total. The van der Waals surface area contributed by atoms with Crippen molar-refractivity contribution in [2.24, 2.45) is 0 Å². The van der Waals surface area contributed by atoms with Crippen LogP contribution in [0.1, 0.15) is 112 Å². The molecule has 4 aromatic heterocycles. The second-order valence-corrected chi connectivity index (χ2v) is 32.8. The summed E-state index contributed by atoms with van der Waals surface area (Å²) in [5.41, 5.74) is 4.11. The number of carbonyl (C=O) groups is 6. The van der Waals surface area contributed by atoms with E-state index in [2.05, 4.69) is 58.0 Å². The number of pyridine rings is 2. The molecular formula is C57H68Cl2N8O6Sn. The minimum Gasteiger partial charge on any atom is -0.359 e. The molecule has 2 saturated heterocycles. The van der Waals surface area contributed by atoms with Crippen LogP contribution in [-0.2, 0) is 9.59 Å². The number of fused-ring (bicyclic) bond motifs is 2. The van der Waals surface area contributed by atoms with Crippen molar-refractivity contribution in [3.8, 4) is 0 Å². The first-order valence-corrected chi connectivity index (χ1v) is 34.1. The van der Waals surface area contributed by atoms with Crippen LogP contribution in [0.4, 0.5) is 0 Å². The molecule has 6 aromatic rings. The number of halogens is 2. The molecule has 390 valence electrons. The second kappa shape index (κ2) is 27.4. The smallest absolute Gasteiger partial charge is 0.295 e. The van der Waals surface area contributed by atoms with Crippen LogP contribution in [-0.4, -0.2) is 145 Å². The minimum atomic E-state index is -1.85. The van der Waals surface area contributed by atoms with Crippen molar-refractivity contribution in [3.63, 3.8) is 0 Å². The number of unbranched alkanes of at least 4 members (excludes halogenated alkanes) is 3. The van der Waals surface area contributed by atoms with E-state index >= 15 is 0 Å². The number of carbonyl (C=O) groups excluding carboxylic acids is 6. The zero-order valence-corrected chi connectivity index (χ0v) is 47.4. The van der Waals surface area contributed by atoms with Crippen LogP contribution >= 0.6 is 23.2 Å². The number of ketones is 2. The number of benzene rings is 2. The van der Waals surface area contributed by atoms with Gasteiger partial charge in [0.05, 0.1) is 43.6 Å². The molecule has 0 saturated carbocycles. The van der Waals surface area contributed by atoms with E-state index < -0.39 is 41.8 Å². The predicted molar refractivity (Wildman–Crippen MR) is 299 cm³/mol. The third-order valence-electron chi connectivity index (χ3n) is 13.9. The summed E-state index contributed by atoms with van der Waals surface area (Å²) in [6, 6.07) is 18.0. The average molecular weight is 1150 g/mol. The number of nitrogens with zero attached hydrogens (tertiary/aromatic N) is 6. The molecule has 0 spiro atoms. The van der Waals surface area contributed by atoms with Crippen LogP contribution in [0.3, 0.4) is 0 Å². The van der Waals surface area contributed by atoms with Gasteiger partial charge in [0.2, 0.25) is 0 Å². The summed E-state index contributed by atoms with van der Waals surface area (Å²) in [6.45, 7) is 19.3. The fraction of sp³-hybridized carbons (Fsp3) is 0.368. The van der Waals surface area contributed by atoms with E-state index in [4.69, 9.17) is 23.2 Å². The number of rotatable bonds is 17. The van der Waals surface area contributed by atoms with E-state index in [0.29, 0.717) is 102 Å². The van der Waals surface area contributed by atoms with E-state index in [1.165, 1.54) is 73.1 Å². The summed E-state index contributed by atoms with van der Waals surface area (Å²) in [5.74, 6) is -2.63. The van der Waals surface area contributed by atoms with Crippen molar-refractivity contribution in [1.82, 2.24) is 39.5 Å². The Kier molecular flexibility index (Phi) is 21.2. The number of aromatic amines is 2. The van der Waals surface area contributed by atoms with E-state index in [-0.39, 0.29) is 28.0 Å². The quantitative estimate of drug-likeness (QED) is 0.0516. The average Bonchev–Trinajstić information content (AvgIpc) is 4.12. The molecule has 74 heavy (non-hydrogen) atoms. The zero-order chi connectivity index (χ0) is 53.4. The van der Waals surface area contributed by atoms with Crippen LogP contribution in [0.25, 0.3) is 27.9 Å². The maximum atomic E-state index is 12.9. The number of H-pyrrole nitrogens is 2. The predicted octanol–water partition coefficient (Wildman–Crippen LogP) is 11.3. The number of hydrogen-bond acceptors (Lipinski definition) is 8. The van der Waals surface area contributed by atoms with Gasteiger partial charge in [0.25, 0.3) is 35.2 Å². The molecule has 2 aliphatic heterocycles. The summed E-state index contributed by atoms with van der Waals surface area (Å²) in [4.78, 5) is 97.1. The van der Waals surface area contributed by atoms with Crippen LogP contribution < -0.4 is 0 Å². The zero-order valence-electron chi connectivity index (χ0n) is 43.1. The van der Waals surface area contributed by atoms with Crippen molar-refractivity contribution in [2.45, 2.75) is 79.5 Å².